The number of amides is 1. The second-order valence-corrected chi connectivity index (χ2v) is 7.76. The molecule has 1 N–H and O–H groups in total. The topological polar surface area (TPSA) is 61.6 Å². The Balaban J connectivity index is 1.18. The first-order valence-corrected chi connectivity index (χ1v) is 10.3. The number of benzene rings is 2. The fraction of sp³-hybridized carbons (Fsp3) is 0.391. The number of nitrogens with one attached hydrogen (secondary N) is 1. The number of fused-ring (bicyclic) bond motifs is 1. The van der Waals surface area contributed by atoms with Gasteiger partial charge in [-0.05, 0) is 24.6 Å². The molecule has 3 aromatic rings. The average Bonchev–Trinajstić information content (AvgIpc) is 3.12. The number of aryl methyl sites for hydroxylation is 1. The number of nitrogens with zero attached hydrogens (tertiary/aromatic N) is 3. The molecule has 1 amide bonds. The fourth-order valence-electron chi connectivity index (χ4n) is 3.81. The molecule has 1 fully saturated rings. The molecule has 4 rings (SSSR count). The van der Waals surface area contributed by atoms with Gasteiger partial charge in [0, 0.05) is 51.2 Å². The zero-order valence-corrected chi connectivity index (χ0v) is 16.9. The summed E-state index contributed by atoms with van der Waals surface area (Å²) in [5.41, 5.74) is 3.93. The summed E-state index contributed by atoms with van der Waals surface area (Å²) in [6, 6.07) is 16.5. The second-order valence-electron chi connectivity index (χ2n) is 7.76. The van der Waals surface area contributed by atoms with Crippen LogP contribution in [0.25, 0.3) is 11.0 Å². The highest BCUT2D eigenvalue weighted by atomic mass is 16.5. The van der Waals surface area contributed by atoms with Gasteiger partial charge in [0.15, 0.2) is 5.58 Å². The van der Waals surface area contributed by atoms with E-state index in [1.165, 1.54) is 5.56 Å². The molecule has 152 valence electrons. The molecule has 6 nitrogen and oxygen atoms in total. The molecule has 0 radical (unpaired) electrons. The van der Waals surface area contributed by atoms with Gasteiger partial charge in [0.25, 0.3) is 0 Å². The quantitative estimate of drug-likeness (QED) is 0.670. The predicted octanol–water partition coefficient (Wildman–Crippen LogP) is 2.61. The maximum Gasteiger partial charge on any atom is 0.226 e. The molecule has 1 aromatic heterocycles. The Hall–Kier alpha value is -2.70. The summed E-state index contributed by atoms with van der Waals surface area (Å²) in [6.45, 7) is 8.77. The number of carbonyl (C=O) groups is 1. The molecule has 0 aliphatic carbocycles. The van der Waals surface area contributed by atoms with Gasteiger partial charge in [-0.3, -0.25) is 14.6 Å². The van der Waals surface area contributed by atoms with Crippen LogP contribution in [0.2, 0.25) is 0 Å². The number of hydrogen-bond acceptors (Lipinski definition) is 5. The van der Waals surface area contributed by atoms with Crippen LogP contribution in [0.1, 0.15) is 16.8 Å². The lowest BCUT2D eigenvalue weighted by Crippen LogP contribution is -2.48. The smallest absolute Gasteiger partial charge is 0.226 e. The molecular weight excluding hydrogens is 364 g/mol. The van der Waals surface area contributed by atoms with Gasteiger partial charge >= 0.3 is 0 Å². The Morgan fingerprint density at radius 1 is 1.07 bits per heavy atom. The maximum atomic E-state index is 12.3. The third-order valence-corrected chi connectivity index (χ3v) is 5.49. The molecule has 29 heavy (non-hydrogen) atoms. The first kappa shape index (κ1) is 19.6. The standard InChI is InChI=1S/C23H28N4O2/c1-18-7-8-22-20(15-18)21(25-29-22)16-23(28)24-9-10-26-11-13-27(14-12-26)17-19-5-3-2-4-6-19/h2-8,15H,9-14,16-17H2,1H3,(H,24,28). The van der Waals surface area contributed by atoms with Crippen molar-refractivity contribution < 1.29 is 9.32 Å². The largest absolute Gasteiger partial charge is 0.356 e. The highest BCUT2D eigenvalue weighted by Crippen LogP contribution is 2.20. The first-order valence-electron chi connectivity index (χ1n) is 10.3. The van der Waals surface area contributed by atoms with E-state index >= 15 is 0 Å². The minimum absolute atomic E-state index is 0.00980. The van der Waals surface area contributed by atoms with E-state index in [0.717, 1.165) is 55.8 Å². The highest BCUT2D eigenvalue weighted by Gasteiger charge is 2.17. The number of aromatic nitrogens is 1. The third-order valence-electron chi connectivity index (χ3n) is 5.49. The minimum Gasteiger partial charge on any atom is -0.356 e. The van der Waals surface area contributed by atoms with E-state index in [2.05, 4.69) is 50.6 Å². The van der Waals surface area contributed by atoms with E-state index in [4.69, 9.17) is 4.52 Å². The lowest BCUT2D eigenvalue weighted by molar-refractivity contribution is -0.120. The van der Waals surface area contributed by atoms with Gasteiger partial charge in [-0.15, -0.1) is 0 Å². The van der Waals surface area contributed by atoms with Crippen LogP contribution < -0.4 is 5.32 Å². The maximum absolute atomic E-state index is 12.3. The van der Waals surface area contributed by atoms with Crippen LogP contribution in [0.5, 0.6) is 0 Å². The SMILES string of the molecule is Cc1ccc2onc(CC(=O)NCCN3CCN(Cc4ccccc4)CC3)c2c1. The molecule has 2 aromatic carbocycles. The zero-order valence-electron chi connectivity index (χ0n) is 16.9. The number of carbonyl (C=O) groups excluding carboxylic acids is 1. The van der Waals surface area contributed by atoms with E-state index in [1.807, 2.05) is 25.1 Å². The Labute approximate surface area is 171 Å². The van der Waals surface area contributed by atoms with Crippen molar-refractivity contribution in [1.82, 2.24) is 20.3 Å². The molecule has 1 saturated heterocycles. The average molecular weight is 393 g/mol. The Morgan fingerprint density at radius 3 is 2.62 bits per heavy atom. The van der Waals surface area contributed by atoms with Gasteiger partial charge in [0.1, 0.15) is 5.69 Å². The van der Waals surface area contributed by atoms with Crippen molar-refractivity contribution in [3.8, 4) is 0 Å². The molecule has 0 bridgehead atoms. The minimum atomic E-state index is -0.00980. The van der Waals surface area contributed by atoms with Gasteiger partial charge in [0.05, 0.1) is 6.42 Å². The monoisotopic (exact) mass is 392 g/mol. The van der Waals surface area contributed by atoms with Crippen LogP contribution in [0.15, 0.2) is 53.1 Å². The van der Waals surface area contributed by atoms with E-state index in [1.54, 1.807) is 0 Å². The van der Waals surface area contributed by atoms with Crippen LogP contribution in [0.3, 0.4) is 0 Å². The molecule has 0 saturated carbocycles. The normalized spacial score (nSPS) is 15.6. The molecule has 2 heterocycles. The van der Waals surface area contributed by atoms with Gasteiger partial charge in [-0.2, -0.15) is 0 Å². The van der Waals surface area contributed by atoms with Crippen LogP contribution >= 0.6 is 0 Å². The molecular formula is C23H28N4O2. The van der Waals surface area contributed by atoms with Crippen LogP contribution in [-0.4, -0.2) is 60.1 Å². The van der Waals surface area contributed by atoms with Gasteiger partial charge < -0.3 is 9.84 Å². The van der Waals surface area contributed by atoms with Crippen molar-refractivity contribution in [3.05, 3.63) is 65.4 Å². The van der Waals surface area contributed by atoms with Crippen molar-refractivity contribution >= 4 is 16.9 Å². The van der Waals surface area contributed by atoms with Crippen molar-refractivity contribution in [2.45, 2.75) is 19.9 Å². The van der Waals surface area contributed by atoms with E-state index in [9.17, 15) is 4.79 Å². The molecule has 0 unspecified atom stereocenters. The lowest BCUT2D eigenvalue weighted by Gasteiger charge is -2.34. The summed E-state index contributed by atoms with van der Waals surface area (Å²) < 4.78 is 5.31. The highest BCUT2D eigenvalue weighted by molar-refractivity contribution is 5.86. The molecule has 1 aliphatic rings. The summed E-state index contributed by atoms with van der Waals surface area (Å²) in [5.74, 6) is -0.00980. The van der Waals surface area contributed by atoms with Crippen molar-refractivity contribution in [2.75, 3.05) is 39.3 Å². The molecule has 6 heteroatoms. The van der Waals surface area contributed by atoms with E-state index in [-0.39, 0.29) is 12.3 Å². The Kier molecular flexibility index (Phi) is 6.22. The van der Waals surface area contributed by atoms with Crippen molar-refractivity contribution in [3.63, 3.8) is 0 Å². The van der Waals surface area contributed by atoms with Crippen molar-refractivity contribution in [2.24, 2.45) is 0 Å². The van der Waals surface area contributed by atoms with E-state index in [0.29, 0.717) is 12.2 Å². The fourth-order valence-corrected chi connectivity index (χ4v) is 3.81. The van der Waals surface area contributed by atoms with Gasteiger partial charge in [-0.25, -0.2) is 0 Å². The number of piperazine rings is 1. The van der Waals surface area contributed by atoms with Gasteiger partial charge in [0.2, 0.25) is 5.91 Å². The third kappa shape index (κ3) is 5.22. The summed E-state index contributed by atoms with van der Waals surface area (Å²) in [5, 5.41) is 8.01. The van der Waals surface area contributed by atoms with E-state index < -0.39 is 0 Å². The second kappa shape index (κ2) is 9.20. The first-order chi connectivity index (χ1) is 14.2. The summed E-state index contributed by atoms with van der Waals surface area (Å²) >= 11 is 0. The molecule has 0 atom stereocenters. The number of rotatable bonds is 7. The van der Waals surface area contributed by atoms with Gasteiger partial charge in [-0.1, -0.05) is 47.1 Å². The van der Waals surface area contributed by atoms with Crippen LogP contribution in [0.4, 0.5) is 0 Å². The van der Waals surface area contributed by atoms with Crippen LogP contribution in [-0.2, 0) is 17.8 Å². The van der Waals surface area contributed by atoms with Crippen LogP contribution in [0, 0.1) is 6.92 Å². The Bertz CT molecular complexity index is 946. The molecule has 1 aliphatic heterocycles. The summed E-state index contributed by atoms with van der Waals surface area (Å²) in [4.78, 5) is 17.2. The van der Waals surface area contributed by atoms with Crippen molar-refractivity contribution in [1.29, 1.82) is 0 Å². The molecule has 0 spiro atoms. The summed E-state index contributed by atoms with van der Waals surface area (Å²) in [7, 11) is 0. The predicted molar refractivity (Wildman–Crippen MR) is 114 cm³/mol. The summed E-state index contributed by atoms with van der Waals surface area (Å²) in [6.07, 6.45) is 0.251. The Morgan fingerprint density at radius 2 is 1.83 bits per heavy atom. The number of hydrogen-bond donors (Lipinski definition) is 1. The zero-order chi connectivity index (χ0) is 20.1. The lowest BCUT2D eigenvalue weighted by atomic mass is 10.1.